The summed E-state index contributed by atoms with van der Waals surface area (Å²) in [6.45, 7) is 3.71. The van der Waals surface area contributed by atoms with Crippen molar-refractivity contribution in [3.63, 3.8) is 0 Å². The number of nitrogens with one attached hydrogen (secondary N) is 1. The van der Waals surface area contributed by atoms with Gasteiger partial charge in [0.05, 0.1) is 24.9 Å². The Morgan fingerprint density at radius 2 is 2.00 bits per heavy atom. The first-order valence-corrected chi connectivity index (χ1v) is 6.82. The van der Waals surface area contributed by atoms with Gasteiger partial charge in [0.15, 0.2) is 0 Å². The Labute approximate surface area is 124 Å². The van der Waals surface area contributed by atoms with Crippen LogP contribution >= 0.6 is 0 Å². The standard InChI is InChI=1S/C15H23F2NO3/c1-15(2,3)20-10-12(9-19)18-8-11-5-4-6-13(7-11)21-14(16)17/h4-7,12,14,18-19H,8-10H2,1-3H3/t12-/m1/s1. The van der Waals surface area contributed by atoms with E-state index in [-0.39, 0.29) is 24.0 Å². The number of aliphatic hydroxyl groups is 1. The van der Waals surface area contributed by atoms with Crippen molar-refractivity contribution in [1.82, 2.24) is 5.32 Å². The molecule has 2 N–H and O–H groups in total. The zero-order valence-corrected chi connectivity index (χ0v) is 12.6. The van der Waals surface area contributed by atoms with Crippen LogP contribution < -0.4 is 10.1 Å². The van der Waals surface area contributed by atoms with Gasteiger partial charge in [-0.05, 0) is 38.5 Å². The fraction of sp³-hybridized carbons (Fsp3) is 0.600. The van der Waals surface area contributed by atoms with Crippen molar-refractivity contribution >= 4 is 0 Å². The Morgan fingerprint density at radius 1 is 1.29 bits per heavy atom. The van der Waals surface area contributed by atoms with Crippen molar-refractivity contribution in [2.24, 2.45) is 0 Å². The Bertz CT molecular complexity index is 422. The molecule has 0 saturated heterocycles. The molecular weight excluding hydrogens is 280 g/mol. The normalized spacial score (nSPS) is 13.5. The van der Waals surface area contributed by atoms with Crippen LogP contribution in [0.15, 0.2) is 24.3 Å². The van der Waals surface area contributed by atoms with Gasteiger partial charge < -0.3 is 19.9 Å². The van der Waals surface area contributed by atoms with E-state index < -0.39 is 6.61 Å². The predicted octanol–water partition coefficient (Wildman–Crippen LogP) is 2.55. The fourth-order valence-electron chi connectivity index (χ4n) is 1.62. The van der Waals surface area contributed by atoms with Gasteiger partial charge in [-0.15, -0.1) is 0 Å². The van der Waals surface area contributed by atoms with Crippen LogP contribution in [0.4, 0.5) is 8.78 Å². The molecule has 0 heterocycles. The average Bonchev–Trinajstić information content (AvgIpc) is 2.37. The second kappa shape index (κ2) is 8.26. The number of alkyl halides is 2. The molecule has 1 atom stereocenters. The third kappa shape index (κ3) is 7.94. The van der Waals surface area contributed by atoms with Crippen molar-refractivity contribution < 1.29 is 23.4 Å². The molecule has 0 aliphatic carbocycles. The van der Waals surface area contributed by atoms with Crippen molar-refractivity contribution in [2.45, 2.75) is 45.6 Å². The first-order chi connectivity index (χ1) is 9.80. The van der Waals surface area contributed by atoms with Crippen LogP contribution in [0.25, 0.3) is 0 Å². The molecule has 21 heavy (non-hydrogen) atoms. The number of aliphatic hydroxyl groups excluding tert-OH is 1. The summed E-state index contributed by atoms with van der Waals surface area (Å²) in [5, 5.41) is 12.4. The van der Waals surface area contributed by atoms with Gasteiger partial charge in [0.25, 0.3) is 0 Å². The maximum Gasteiger partial charge on any atom is 0.387 e. The molecule has 0 aliphatic heterocycles. The van der Waals surface area contributed by atoms with E-state index in [2.05, 4.69) is 10.1 Å². The third-order valence-electron chi connectivity index (χ3n) is 2.66. The highest BCUT2D eigenvalue weighted by atomic mass is 19.3. The summed E-state index contributed by atoms with van der Waals surface area (Å²) in [6.07, 6.45) is 0. The van der Waals surface area contributed by atoms with E-state index >= 15 is 0 Å². The molecule has 0 unspecified atom stereocenters. The van der Waals surface area contributed by atoms with Crippen LogP contribution in [0.3, 0.4) is 0 Å². The summed E-state index contributed by atoms with van der Waals surface area (Å²) < 4.78 is 34.2. The molecule has 0 amide bonds. The monoisotopic (exact) mass is 303 g/mol. The minimum absolute atomic E-state index is 0.0662. The Kier molecular flexibility index (Phi) is 7.01. The van der Waals surface area contributed by atoms with Crippen LogP contribution in [0.1, 0.15) is 26.3 Å². The van der Waals surface area contributed by atoms with Gasteiger partial charge in [0, 0.05) is 6.54 Å². The molecule has 0 spiro atoms. The number of halogens is 2. The lowest BCUT2D eigenvalue weighted by atomic mass is 10.2. The predicted molar refractivity (Wildman–Crippen MR) is 76.5 cm³/mol. The largest absolute Gasteiger partial charge is 0.435 e. The zero-order chi connectivity index (χ0) is 15.9. The van der Waals surface area contributed by atoms with E-state index in [0.29, 0.717) is 13.2 Å². The average molecular weight is 303 g/mol. The van der Waals surface area contributed by atoms with Crippen molar-refractivity contribution in [3.8, 4) is 5.75 Å². The molecule has 1 aromatic carbocycles. The van der Waals surface area contributed by atoms with Gasteiger partial charge in [-0.25, -0.2) is 0 Å². The van der Waals surface area contributed by atoms with E-state index in [4.69, 9.17) is 4.74 Å². The fourth-order valence-corrected chi connectivity index (χ4v) is 1.62. The zero-order valence-electron chi connectivity index (χ0n) is 12.6. The van der Waals surface area contributed by atoms with Gasteiger partial charge in [-0.1, -0.05) is 12.1 Å². The lowest BCUT2D eigenvalue weighted by Crippen LogP contribution is -2.38. The van der Waals surface area contributed by atoms with Gasteiger partial charge >= 0.3 is 6.61 Å². The Morgan fingerprint density at radius 3 is 2.57 bits per heavy atom. The Balaban J connectivity index is 2.48. The number of ether oxygens (including phenoxy) is 2. The molecular formula is C15H23F2NO3. The second-order valence-corrected chi connectivity index (χ2v) is 5.71. The van der Waals surface area contributed by atoms with Gasteiger partial charge in [-0.3, -0.25) is 0 Å². The number of hydrogen-bond donors (Lipinski definition) is 2. The van der Waals surface area contributed by atoms with Crippen molar-refractivity contribution in [2.75, 3.05) is 13.2 Å². The van der Waals surface area contributed by atoms with Crippen LogP contribution in [-0.2, 0) is 11.3 Å². The quantitative estimate of drug-likeness (QED) is 0.775. The van der Waals surface area contributed by atoms with E-state index in [1.807, 2.05) is 20.8 Å². The summed E-state index contributed by atoms with van der Waals surface area (Å²) >= 11 is 0. The van der Waals surface area contributed by atoms with Gasteiger partial charge in [0.2, 0.25) is 0 Å². The molecule has 6 heteroatoms. The van der Waals surface area contributed by atoms with Crippen LogP contribution in [0.5, 0.6) is 5.75 Å². The van der Waals surface area contributed by atoms with E-state index in [1.54, 1.807) is 12.1 Å². The topological polar surface area (TPSA) is 50.7 Å². The summed E-state index contributed by atoms with van der Waals surface area (Å²) in [5.41, 5.74) is 0.516. The summed E-state index contributed by atoms with van der Waals surface area (Å²) in [4.78, 5) is 0. The molecule has 0 saturated carbocycles. The number of rotatable bonds is 8. The highest BCUT2D eigenvalue weighted by molar-refractivity contribution is 5.28. The van der Waals surface area contributed by atoms with Crippen LogP contribution in [-0.4, -0.2) is 36.6 Å². The van der Waals surface area contributed by atoms with Crippen LogP contribution in [0, 0.1) is 0 Å². The lowest BCUT2D eigenvalue weighted by molar-refractivity contribution is -0.0498. The van der Waals surface area contributed by atoms with E-state index in [9.17, 15) is 13.9 Å². The molecule has 0 aliphatic rings. The second-order valence-electron chi connectivity index (χ2n) is 5.71. The Hall–Kier alpha value is -1.24. The molecule has 1 rings (SSSR count). The minimum Gasteiger partial charge on any atom is -0.435 e. The smallest absolute Gasteiger partial charge is 0.387 e. The molecule has 0 fully saturated rings. The van der Waals surface area contributed by atoms with Crippen LogP contribution in [0.2, 0.25) is 0 Å². The van der Waals surface area contributed by atoms with E-state index in [0.717, 1.165) is 5.56 Å². The molecule has 0 radical (unpaired) electrons. The van der Waals surface area contributed by atoms with E-state index in [1.165, 1.54) is 12.1 Å². The highest BCUT2D eigenvalue weighted by Crippen LogP contribution is 2.16. The number of hydrogen-bond acceptors (Lipinski definition) is 4. The summed E-state index contributed by atoms with van der Waals surface area (Å²) in [7, 11) is 0. The van der Waals surface area contributed by atoms with Crippen molar-refractivity contribution in [1.29, 1.82) is 0 Å². The van der Waals surface area contributed by atoms with Crippen molar-refractivity contribution in [3.05, 3.63) is 29.8 Å². The number of benzene rings is 1. The maximum atomic E-state index is 12.1. The summed E-state index contributed by atoms with van der Waals surface area (Å²) in [6, 6.07) is 6.24. The molecule has 120 valence electrons. The van der Waals surface area contributed by atoms with Gasteiger partial charge in [0.1, 0.15) is 5.75 Å². The summed E-state index contributed by atoms with van der Waals surface area (Å²) in [5.74, 6) is 0.121. The first-order valence-electron chi connectivity index (χ1n) is 6.82. The molecule has 4 nitrogen and oxygen atoms in total. The molecule has 0 bridgehead atoms. The SMILES string of the molecule is CC(C)(C)OC[C@@H](CO)NCc1cccc(OC(F)F)c1. The minimum atomic E-state index is -2.83. The first kappa shape index (κ1) is 17.8. The third-order valence-corrected chi connectivity index (χ3v) is 2.66. The highest BCUT2D eigenvalue weighted by Gasteiger charge is 2.14. The maximum absolute atomic E-state index is 12.1. The molecule has 0 aromatic heterocycles. The lowest BCUT2D eigenvalue weighted by Gasteiger charge is -2.24. The molecule has 1 aromatic rings. The van der Waals surface area contributed by atoms with Gasteiger partial charge in [-0.2, -0.15) is 8.78 Å².